The third-order valence-electron chi connectivity index (χ3n) is 4.52. The van der Waals surface area contributed by atoms with E-state index in [0.717, 1.165) is 5.69 Å². The van der Waals surface area contributed by atoms with Crippen LogP contribution in [0.1, 0.15) is 27.7 Å². The van der Waals surface area contributed by atoms with Crippen molar-refractivity contribution in [2.45, 2.75) is 45.4 Å². The van der Waals surface area contributed by atoms with E-state index < -0.39 is 0 Å². The van der Waals surface area contributed by atoms with Crippen molar-refractivity contribution in [3.05, 3.63) is 65.0 Å². The van der Waals surface area contributed by atoms with Gasteiger partial charge in [-0.3, -0.25) is 14.2 Å². The number of fused-ring (bicyclic) bond motifs is 1. The number of amides is 1. The minimum Gasteiger partial charge on any atom is -0.309 e. The zero-order chi connectivity index (χ0) is 21.0. The quantitative estimate of drug-likeness (QED) is 0.423. The highest BCUT2D eigenvalue weighted by Gasteiger charge is 2.21. The SMILES string of the molecule is CC(C)Cn1c(SCC(=O)N(c2ccccc2)C(C)C)nc2ccccc2c1=O. The van der Waals surface area contributed by atoms with Gasteiger partial charge in [-0.05, 0) is 44.0 Å². The second kappa shape index (κ2) is 9.27. The Kier molecular flexibility index (Phi) is 6.75. The summed E-state index contributed by atoms with van der Waals surface area (Å²) < 4.78 is 1.70. The molecule has 5 nitrogen and oxygen atoms in total. The Bertz CT molecular complexity index is 1040. The first-order valence-electron chi connectivity index (χ1n) is 9.88. The van der Waals surface area contributed by atoms with Gasteiger partial charge in [0.15, 0.2) is 5.16 Å². The van der Waals surface area contributed by atoms with Crippen molar-refractivity contribution < 1.29 is 4.79 Å². The maximum atomic E-state index is 13.0. The Morgan fingerprint density at radius 2 is 1.69 bits per heavy atom. The Hall–Kier alpha value is -2.60. The molecule has 3 aromatic rings. The summed E-state index contributed by atoms with van der Waals surface area (Å²) in [4.78, 5) is 32.5. The van der Waals surface area contributed by atoms with Crippen LogP contribution in [0.2, 0.25) is 0 Å². The first-order chi connectivity index (χ1) is 13.9. The monoisotopic (exact) mass is 409 g/mol. The van der Waals surface area contributed by atoms with Crippen molar-refractivity contribution in [3.8, 4) is 0 Å². The van der Waals surface area contributed by atoms with Gasteiger partial charge in [0, 0.05) is 18.3 Å². The summed E-state index contributed by atoms with van der Waals surface area (Å²) >= 11 is 1.33. The lowest BCUT2D eigenvalue weighted by atomic mass is 10.2. The van der Waals surface area contributed by atoms with E-state index in [1.54, 1.807) is 15.5 Å². The molecule has 0 spiro atoms. The number of carbonyl (C=O) groups is 1. The van der Waals surface area contributed by atoms with Crippen LogP contribution in [-0.2, 0) is 11.3 Å². The smallest absolute Gasteiger partial charge is 0.262 e. The van der Waals surface area contributed by atoms with E-state index in [9.17, 15) is 9.59 Å². The lowest BCUT2D eigenvalue weighted by Crippen LogP contribution is -2.38. The third-order valence-corrected chi connectivity index (χ3v) is 5.48. The number of para-hydroxylation sites is 2. The molecule has 0 fully saturated rings. The Morgan fingerprint density at radius 3 is 2.34 bits per heavy atom. The van der Waals surface area contributed by atoms with Crippen LogP contribution >= 0.6 is 11.8 Å². The second-order valence-electron chi connectivity index (χ2n) is 7.70. The largest absolute Gasteiger partial charge is 0.309 e. The number of rotatable bonds is 7. The number of thioether (sulfide) groups is 1. The molecule has 1 aromatic heterocycles. The van der Waals surface area contributed by atoms with E-state index in [1.165, 1.54) is 11.8 Å². The van der Waals surface area contributed by atoms with Gasteiger partial charge in [-0.15, -0.1) is 0 Å². The fraction of sp³-hybridized carbons (Fsp3) is 0.348. The molecular weight excluding hydrogens is 382 g/mol. The van der Waals surface area contributed by atoms with Crippen molar-refractivity contribution in [1.29, 1.82) is 0 Å². The number of carbonyl (C=O) groups excluding carboxylic acids is 1. The van der Waals surface area contributed by atoms with Gasteiger partial charge < -0.3 is 4.90 Å². The van der Waals surface area contributed by atoms with E-state index in [-0.39, 0.29) is 23.3 Å². The third kappa shape index (κ3) is 4.88. The summed E-state index contributed by atoms with van der Waals surface area (Å²) in [7, 11) is 0. The number of hydrogen-bond acceptors (Lipinski definition) is 4. The topological polar surface area (TPSA) is 55.2 Å². The average Bonchev–Trinajstić information content (AvgIpc) is 2.69. The lowest BCUT2D eigenvalue weighted by molar-refractivity contribution is -0.116. The minimum absolute atomic E-state index is 0.00490. The van der Waals surface area contributed by atoms with Crippen LogP contribution in [0.5, 0.6) is 0 Å². The molecule has 6 heteroatoms. The first kappa shape index (κ1) is 21.1. The van der Waals surface area contributed by atoms with Crippen molar-refractivity contribution in [2.75, 3.05) is 10.7 Å². The van der Waals surface area contributed by atoms with Crippen LogP contribution in [0, 0.1) is 5.92 Å². The van der Waals surface area contributed by atoms with Gasteiger partial charge >= 0.3 is 0 Å². The van der Waals surface area contributed by atoms with Crippen LogP contribution < -0.4 is 10.5 Å². The molecule has 0 unspecified atom stereocenters. The Balaban J connectivity index is 1.91. The van der Waals surface area contributed by atoms with Gasteiger partial charge in [0.25, 0.3) is 5.56 Å². The molecule has 0 saturated heterocycles. The van der Waals surface area contributed by atoms with Gasteiger partial charge in [0.2, 0.25) is 5.91 Å². The molecule has 0 saturated carbocycles. The van der Waals surface area contributed by atoms with Gasteiger partial charge in [-0.1, -0.05) is 55.9 Å². The Morgan fingerprint density at radius 1 is 1.03 bits per heavy atom. The number of nitrogens with zero attached hydrogens (tertiary/aromatic N) is 3. The maximum absolute atomic E-state index is 13.0. The summed E-state index contributed by atoms with van der Waals surface area (Å²) in [5, 5.41) is 1.20. The number of benzene rings is 2. The van der Waals surface area contributed by atoms with Crippen molar-refractivity contribution >= 4 is 34.3 Å². The van der Waals surface area contributed by atoms with E-state index in [4.69, 9.17) is 4.98 Å². The van der Waals surface area contributed by atoms with E-state index in [2.05, 4.69) is 13.8 Å². The number of anilines is 1. The van der Waals surface area contributed by atoms with Crippen molar-refractivity contribution in [1.82, 2.24) is 9.55 Å². The maximum Gasteiger partial charge on any atom is 0.262 e. The minimum atomic E-state index is -0.0528. The standard InChI is InChI=1S/C23H27N3O2S/c1-16(2)14-25-22(28)19-12-8-9-13-20(19)24-23(25)29-15-21(27)26(17(3)4)18-10-6-5-7-11-18/h5-13,16-17H,14-15H2,1-4H3. The van der Waals surface area contributed by atoms with E-state index in [0.29, 0.717) is 28.5 Å². The van der Waals surface area contributed by atoms with E-state index in [1.807, 2.05) is 62.4 Å². The van der Waals surface area contributed by atoms with Crippen molar-refractivity contribution in [3.63, 3.8) is 0 Å². The summed E-state index contributed by atoms with van der Waals surface area (Å²) in [6.45, 7) is 8.70. The molecule has 0 aliphatic rings. The van der Waals surface area contributed by atoms with Crippen LogP contribution in [0.15, 0.2) is 64.5 Å². The van der Waals surface area contributed by atoms with Gasteiger partial charge in [-0.25, -0.2) is 4.98 Å². The molecule has 1 heterocycles. The van der Waals surface area contributed by atoms with Crippen molar-refractivity contribution in [2.24, 2.45) is 5.92 Å². The molecule has 3 rings (SSSR count). The highest BCUT2D eigenvalue weighted by Crippen LogP contribution is 2.22. The zero-order valence-electron chi connectivity index (χ0n) is 17.3. The molecule has 0 radical (unpaired) electrons. The highest BCUT2D eigenvalue weighted by molar-refractivity contribution is 7.99. The summed E-state index contributed by atoms with van der Waals surface area (Å²) in [6, 6.07) is 17.1. The van der Waals surface area contributed by atoms with Gasteiger partial charge in [-0.2, -0.15) is 0 Å². The van der Waals surface area contributed by atoms with Crippen LogP contribution in [-0.4, -0.2) is 27.3 Å². The zero-order valence-corrected chi connectivity index (χ0v) is 18.1. The van der Waals surface area contributed by atoms with E-state index >= 15 is 0 Å². The van der Waals surface area contributed by atoms with Gasteiger partial charge in [0.1, 0.15) is 0 Å². The fourth-order valence-electron chi connectivity index (χ4n) is 3.30. The normalized spacial score (nSPS) is 11.4. The molecule has 0 aliphatic carbocycles. The molecule has 1 amide bonds. The molecule has 0 N–H and O–H groups in total. The highest BCUT2D eigenvalue weighted by atomic mass is 32.2. The first-order valence-corrected chi connectivity index (χ1v) is 10.9. The molecule has 0 aliphatic heterocycles. The average molecular weight is 410 g/mol. The van der Waals surface area contributed by atoms with Crippen LogP contribution in [0.3, 0.4) is 0 Å². The summed E-state index contributed by atoms with van der Waals surface area (Å²) in [5.41, 5.74) is 1.48. The van der Waals surface area contributed by atoms with Crippen LogP contribution in [0.4, 0.5) is 5.69 Å². The predicted molar refractivity (Wildman–Crippen MR) is 121 cm³/mol. The number of aromatic nitrogens is 2. The second-order valence-corrected chi connectivity index (χ2v) is 8.65. The summed E-state index contributed by atoms with van der Waals surface area (Å²) in [5.74, 6) is 0.507. The molecule has 0 atom stereocenters. The lowest BCUT2D eigenvalue weighted by Gasteiger charge is -2.27. The number of hydrogen-bond donors (Lipinski definition) is 0. The van der Waals surface area contributed by atoms with Crippen LogP contribution in [0.25, 0.3) is 10.9 Å². The fourth-order valence-corrected chi connectivity index (χ4v) is 4.17. The van der Waals surface area contributed by atoms with Gasteiger partial charge in [0.05, 0.1) is 16.7 Å². The predicted octanol–water partition coefficient (Wildman–Crippen LogP) is 4.59. The molecular formula is C23H27N3O2S. The molecule has 29 heavy (non-hydrogen) atoms. The molecule has 152 valence electrons. The molecule has 2 aromatic carbocycles. The summed E-state index contributed by atoms with van der Waals surface area (Å²) in [6.07, 6.45) is 0. The molecule has 0 bridgehead atoms. The Labute approximate surface area is 175 Å².